The summed E-state index contributed by atoms with van der Waals surface area (Å²) in [5.74, 6) is -0.298. The number of hydrogen-bond acceptors (Lipinski definition) is 4. The van der Waals surface area contributed by atoms with Gasteiger partial charge in [0.15, 0.2) is 15.6 Å². The molecule has 72 valence electrons. The molecule has 1 aromatic rings. The summed E-state index contributed by atoms with van der Waals surface area (Å²) in [5.41, 5.74) is 0.618. The van der Waals surface area contributed by atoms with Crippen LogP contribution in [0.2, 0.25) is 0 Å². The quantitative estimate of drug-likeness (QED) is 0.682. The fourth-order valence-electron chi connectivity index (χ4n) is 1.38. The van der Waals surface area contributed by atoms with E-state index in [1.807, 2.05) is 0 Å². The summed E-state index contributed by atoms with van der Waals surface area (Å²) in [5, 5.41) is 0. The van der Waals surface area contributed by atoms with E-state index < -0.39 is 9.84 Å². The summed E-state index contributed by atoms with van der Waals surface area (Å²) < 4.78 is 22.7. The molecule has 0 unspecified atom stereocenters. The molecule has 0 amide bonds. The molecule has 0 saturated heterocycles. The lowest BCUT2D eigenvalue weighted by molar-refractivity contribution is 0.104. The molecule has 1 heterocycles. The number of carbonyl (C=O) groups excluding carboxylic acids is 1. The number of pyridine rings is 1. The maximum atomic E-state index is 11.3. The second kappa shape index (κ2) is 2.75. The highest BCUT2D eigenvalue weighted by atomic mass is 32.2. The van der Waals surface area contributed by atoms with Crippen LogP contribution in [0.1, 0.15) is 16.1 Å². The minimum absolute atomic E-state index is 0.0532. The maximum absolute atomic E-state index is 11.3. The van der Waals surface area contributed by atoms with Gasteiger partial charge in [0.05, 0.1) is 16.2 Å². The van der Waals surface area contributed by atoms with Crippen LogP contribution in [0, 0.1) is 0 Å². The van der Waals surface area contributed by atoms with Gasteiger partial charge in [-0.15, -0.1) is 0 Å². The second-order valence-electron chi connectivity index (χ2n) is 3.04. The van der Waals surface area contributed by atoms with Crippen LogP contribution in [0.25, 0.3) is 6.08 Å². The molecule has 1 aliphatic carbocycles. The zero-order valence-corrected chi connectivity index (χ0v) is 8.21. The Balaban J connectivity index is 2.80. The molecule has 0 fully saturated rings. The Bertz CT molecular complexity index is 543. The van der Waals surface area contributed by atoms with Gasteiger partial charge < -0.3 is 0 Å². The first-order chi connectivity index (χ1) is 6.50. The molecule has 14 heavy (non-hydrogen) atoms. The van der Waals surface area contributed by atoms with Gasteiger partial charge in [0.25, 0.3) is 0 Å². The molecule has 1 aromatic heterocycles. The molecule has 0 spiro atoms. The second-order valence-corrected chi connectivity index (χ2v) is 5.02. The number of aromatic nitrogens is 1. The van der Waals surface area contributed by atoms with E-state index in [2.05, 4.69) is 4.98 Å². The Kier molecular flexibility index (Phi) is 1.78. The van der Waals surface area contributed by atoms with Crippen LogP contribution in [0.15, 0.2) is 23.2 Å². The van der Waals surface area contributed by atoms with E-state index in [0.29, 0.717) is 5.69 Å². The van der Waals surface area contributed by atoms with Gasteiger partial charge in [0.1, 0.15) is 0 Å². The first-order valence-corrected chi connectivity index (χ1v) is 5.81. The highest BCUT2D eigenvalue weighted by Crippen LogP contribution is 2.24. The van der Waals surface area contributed by atoms with Gasteiger partial charge in [-0.3, -0.25) is 9.78 Å². The molecule has 0 bridgehead atoms. The third-order valence-corrected chi connectivity index (χ3v) is 3.12. The van der Waals surface area contributed by atoms with Crippen molar-refractivity contribution < 1.29 is 13.2 Å². The van der Waals surface area contributed by atoms with Gasteiger partial charge in [0, 0.05) is 12.5 Å². The summed E-state index contributed by atoms with van der Waals surface area (Å²) in [6.07, 6.45) is 5.31. The van der Waals surface area contributed by atoms with Gasteiger partial charge >= 0.3 is 0 Å². The maximum Gasteiger partial charge on any atom is 0.189 e. The molecule has 4 nitrogen and oxygen atoms in total. The first kappa shape index (κ1) is 9.08. The molecule has 1 aliphatic rings. The Hall–Kier alpha value is -1.49. The highest BCUT2D eigenvalue weighted by molar-refractivity contribution is 7.90. The van der Waals surface area contributed by atoms with Crippen LogP contribution in [-0.4, -0.2) is 25.4 Å². The van der Waals surface area contributed by atoms with Crippen LogP contribution < -0.4 is 0 Å². The zero-order chi connectivity index (χ0) is 10.3. The number of rotatable bonds is 1. The standard InChI is InChI=1S/C9H7NO3S/c1-14(12,13)8-4-5-10-6-2-3-7(11)9(6)8/h2-5H,1H3. The van der Waals surface area contributed by atoms with Gasteiger partial charge in [0.2, 0.25) is 0 Å². The highest BCUT2D eigenvalue weighted by Gasteiger charge is 2.23. The minimum atomic E-state index is -3.36. The molecule has 0 saturated carbocycles. The lowest BCUT2D eigenvalue weighted by Gasteiger charge is -2.03. The van der Waals surface area contributed by atoms with Crippen molar-refractivity contribution in [3.05, 3.63) is 29.6 Å². The lowest BCUT2D eigenvalue weighted by Crippen LogP contribution is -2.06. The molecule has 0 aromatic carbocycles. The van der Waals surface area contributed by atoms with Gasteiger partial charge in [-0.05, 0) is 18.2 Å². The summed E-state index contributed by atoms with van der Waals surface area (Å²) in [4.78, 5) is 15.3. The monoisotopic (exact) mass is 209 g/mol. The van der Waals surface area contributed by atoms with E-state index in [1.165, 1.54) is 24.4 Å². The number of carbonyl (C=O) groups is 1. The number of nitrogens with zero attached hydrogens (tertiary/aromatic N) is 1. The molecule has 0 aliphatic heterocycles. The average molecular weight is 209 g/mol. The Morgan fingerprint density at radius 3 is 2.64 bits per heavy atom. The van der Waals surface area contributed by atoms with Crippen molar-refractivity contribution in [3.63, 3.8) is 0 Å². The molecule has 2 rings (SSSR count). The van der Waals surface area contributed by atoms with Gasteiger partial charge in [-0.2, -0.15) is 0 Å². The average Bonchev–Trinajstić information content (AvgIpc) is 2.46. The van der Waals surface area contributed by atoms with Crippen LogP contribution in [-0.2, 0) is 9.84 Å². The van der Waals surface area contributed by atoms with E-state index in [4.69, 9.17) is 0 Å². The molecule has 0 radical (unpaired) electrons. The van der Waals surface area contributed by atoms with Crippen molar-refractivity contribution in [1.29, 1.82) is 0 Å². The van der Waals surface area contributed by atoms with E-state index in [0.717, 1.165) is 6.26 Å². The number of fused-ring (bicyclic) bond motifs is 1. The predicted octanol–water partition coefficient (Wildman–Crippen LogP) is 0.695. The SMILES string of the molecule is CS(=O)(=O)c1ccnc2c1C(=O)C=C2. The molecular weight excluding hydrogens is 202 g/mol. The third-order valence-electron chi connectivity index (χ3n) is 1.98. The molecule has 0 atom stereocenters. The topological polar surface area (TPSA) is 64.1 Å². The molecule has 0 N–H and O–H groups in total. The van der Waals surface area contributed by atoms with Crippen LogP contribution in [0.5, 0.6) is 0 Å². The van der Waals surface area contributed by atoms with Gasteiger partial charge in [-0.25, -0.2) is 8.42 Å². The van der Waals surface area contributed by atoms with Crippen molar-refractivity contribution >= 4 is 21.7 Å². The zero-order valence-electron chi connectivity index (χ0n) is 7.39. The fourth-order valence-corrected chi connectivity index (χ4v) is 2.26. The number of hydrogen-bond donors (Lipinski definition) is 0. The summed E-state index contributed by atoms with van der Waals surface area (Å²) in [6.45, 7) is 0. The van der Waals surface area contributed by atoms with E-state index >= 15 is 0 Å². The van der Waals surface area contributed by atoms with E-state index in [1.54, 1.807) is 0 Å². The minimum Gasteiger partial charge on any atom is -0.289 e. The molecular formula is C9H7NO3S. The molecule has 5 heteroatoms. The first-order valence-electron chi connectivity index (χ1n) is 3.91. The summed E-state index contributed by atoms with van der Waals surface area (Å²) in [6, 6.07) is 1.35. The fraction of sp³-hybridized carbons (Fsp3) is 0.111. The van der Waals surface area contributed by atoms with Crippen molar-refractivity contribution in [2.75, 3.05) is 6.26 Å². The van der Waals surface area contributed by atoms with Crippen molar-refractivity contribution in [1.82, 2.24) is 4.98 Å². The number of ketones is 1. The summed E-state index contributed by atoms with van der Waals surface area (Å²) >= 11 is 0. The summed E-state index contributed by atoms with van der Waals surface area (Å²) in [7, 11) is -3.36. The van der Waals surface area contributed by atoms with E-state index in [9.17, 15) is 13.2 Å². The Morgan fingerprint density at radius 1 is 1.29 bits per heavy atom. The van der Waals surface area contributed by atoms with Crippen molar-refractivity contribution in [2.45, 2.75) is 4.90 Å². The normalized spacial score (nSPS) is 14.5. The lowest BCUT2D eigenvalue weighted by atomic mass is 10.2. The third kappa shape index (κ3) is 1.26. The van der Waals surface area contributed by atoms with Crippen molar-refractivity contribution in [3.8, 4) is 0 Å². The van der Waals surface area contributed by atoms with E-state index in [-0.39, 0.29) is 16.2 Å². The van der Waals surface area contributed by atoms with Crippen LogP contribution >= 0.6 is 0 Å². The van der Waals surface area contributed by atoms with Crippen LogP contribution in [0.4, 0.5) is 0 Å². The Morgan fingerprint density at radius 2 is 2.00 bits per heavy atom. The number of allylic oxidation sites excluding steroid dienone is 1. The largest absolute Gasteiger partial charge is 0.289 e. The predicted molar refractivity (Wildman–Crippen MR) is 50.7 cm³/mol. The van der Waals surface area contributed by atoms with Crippen LogP contribution in [0.3, 0.4) is 0 Å². The van der Waals surface area contributed by atoms with Gasteiger partial charge in [-0.1, -0.05) is 0 Å². The van der Waals surface area contributed by atoms with Crippen molar-refractivity contribution in [2.24, 2.45) is 0 Å². The Labute approximate surface area is 81.2 Å². The number of sulfone groups is 1. The smallest absolute Gasteiger partial charge is 0.189 e.